The van der Waals surface area contributed by atoms with Gasteiger partial charge in [0.1, 0.15) is 0 Å². The number of carboxylic acid groups (broad SMARTS) is 1. The highest BCUT2D eigenvalue weighted by Gasteiger charge is 2.00. The normalized spacial score (nSPS) is 9.92. The molecule has 0 amide bonds. The van der Waals surface area contributed by atoms with E-state index in [-0.39, 0.29) is 13.0 Å². The molecule has 0 aromatic carbocycles. The van der Waals surface area contributed by atoms with Gasteiger partial charge in [0.15, 0.2) is 0 Å². The number of aliphatic hydroxyl groups excluding tert-OH is 1. The lowest BCUT2D eigenvalue weighted by atomic mass is 10.1. The fourth-order valence-corrected chi connectivity index (χ4v) is 1.02. The largest absolute Gasteiger partial charge is 0.481 e. The third-order valence-electron chi connectivity index (χ3n) is 1.66. The monoisotopic (exact) mass is 181 g/mol. The van der Waals surface area contributed by atoms with Crippen molar-refractivity contribution in [3.05, 3.63) is 29.6 Å². The molecule has 1 rings (SSSR count). The number of nitrogens with zero attached hydrogens (tertiary/aromatic N) is 1. The van der Waals surface area contributed by atoms with E-state index in [2.05, 4.69) is 4.98 Å². The first-order chi connectivity index (χ1) is 6.22. The molecule has 0 saturated heterocycles. The van der Waals surface area contributed by atoms with Crippen molar-refractivity contribution in [2.45, 2.75) is 19.4 Å². The summed E-state index contributed by atoms with van der Waals surface area (Å²) in [4.78, 5) is 14.1. The van der Waals surface area contributed by atoms with Crippen LogP contribution in [0.3, 0.4) is 0 Å². The second-order valence-corrected chi connectivity index (χ2v) is 2.75. The van der Waals surface area contributed by atoms with Crippen LogP contribution in [-0.2, 0) is 17.8 Å². The Morgan fingerprint density at radius 3 is 2.69 bits per heavy atom. The van der Waals surface area contributed by atoms with Crippen molar-refractivity contribution in [3.8, 4) is 0 Å². The predicted molar refractivity (Wildman–Crippen MR) is 46.1 cm³/mol. The molecule has 2 N–H and O–H groups in total. The number of pyridine rings is 1. The van der Waals surface area contributed by atoms with Crippen molar-refractivity contribution in [2.75, 3.05) is 0 Å². The second kappa shape index (κ2) is 4.57. The van der Waals surface area contributed by atoms with Crippen LogP contribution >= 0.6 is 0 Å². The van der Waals surface area contributed by atoms with Gasteiger partial charge >= 0.3 is 5.97 Å². The van der Waals surface area contributed by atoms with Gasteiger partial charge in [-0.3, -0.25) is 9.78 Å². The molecular weight excluding hydrogens is 170 g/mol. The molecule has 1 aromatic rings. The number of aliphatic carboxylic acids is 1. The molecule has 1 heterocycles. The number of rotatable bonds is 4. The summed E-state index contributed by atoms with van der Waals surface area (Å²) < 4.78 is 0. The summed E-state index contributed by atoms with van der Waals surface area (Å²) in [5, 5.41) is 17.2. The minimum atomic E-state index is -0.825. The zero-order valence-corrected chi connectivity index (χ0v) is 7.10. The lowest BCUT2D eigenvalue weighted by molar-refractivity contribution is -0.136. The summed E-state index contributed by atoms with van der Waals surface area (Å²) in [5.74, 6) is -0.825. The van der Waals surface area contributed by atoms with Gasteiger partial charge in [-0.2, -0.15) is 0 Å². The molecule has 70 valence electrons. The fraction of sp³-hybridized carbons (Fsp3) is 0.333. The number of aromatic nitrogens is 1. The average Bonchev–Trinajstić information content (AvgIpc) is 2.15. The number of hydrogen-bond acceptors (Lipinski definition) is 3. The number of carbonyl (C=O) groups is 1. The third-order valence-corrected chi connectivity index (χ3v) is 1.66. The fourth-order valence-electron chi connectivity index (χ4n) is 1.02. The van der Waals surface area contributed by atoms with Crippen LogP contribution in [0.25, 0.3) is 0 Å². The lowest BCUT2D eigenvalue weighted by Gasteiger charge is -2.00. The number of aryl methyl sites for hydroxylation is 1. The number of hydrogen-bond donors (Lipinski definition) is 2. The highest BCUT2D eigenvalue weighted by Crippen LogP contribution is 2.05. The molecule has 1 aromatic heterocycles. The molecule has 0 radical (unpaired) electrons. The van der Waals surface area contributed by atoms with E-state index in [0.717, 1.165) is 5.56 Å². The van der Waals surface area contributed by atoms with Gasteiger partial charge < -0.3 is 10.2 Å². The molecule has 13 heavy (non-hydrogen) atoms. The topological polar surface area (TPSA) is 70.4 Å². The summed E-state index contributed by atoms with van der Waals surface area (Å²) >= 11 is 0. The van der Waals surface area contributed by atoms with Crippen LogP contribution in [0, 0.1) is 0 Å². The van der Waals surface area contributed by atoms with Gasteiger partial charge in [-0.15, -0.1) is 0 Å². The first kappa shape index (κ1) is 9.67. The van der Waals surface area contributed by atoms with Crippen LogP contribution in [0.2, 0.25) is 0 Å². The Bertz CT molecular complexity index is 299. The maximum atomic E-state index is 10.3. The van der Waals surface area contributed by atoms with Crippen molar-refractivity contribution >= 4 is 5.97 Å². The van der Waals surface area contributed by atoms with Crippen molar-refractivity contribution < 1.29 is 15.0 Å². The smallest absolute Gasteiger partial charge is 0.303 e. The Morgan fingerprint density at radius 1 is 1.38 bits per heavy atom. The first-order valence-corrected chi connectivity index (χ1v) is 3.98. The molecule has 0 spiro atoms. The second-order valence-electron chi connectivity index (χ2n) is 2.75. The van der Waals surface area contributed by atoms with E-state index >= 15 is 0 Å². The Hall–Kier alpha value is -1.42. The van der Waals surface area contributed by atoms with Crippen LogP contribution in [0.5, 0.6) is 0 Å². The molecule has 0 unspecified atom stereocenters. The van der Waals surface area contributed by atoms with E-state index in [9.17, 15) is 4.79 Å². The van der Waals surface area contributed by atoms with Gasteiger partial charge in [0, 0.05) is 18.8 Å². The molecule has 0 aliphatic heterocycles. The van der Waals surface area contributed by atoms with Gasteiger partial charge in [-0.25, -0.2) is 0 Å². The molecule has 0 aliphatic rings. The molecule has 4 heteroatoms. The SMILES string of the molecule is O=C(O)CCc1cncc(CO)c1. The quantitative estimate of drug-likeness (QED) is 0.713. The van der Waals surface area contributed by atoms with Gasteiger partial charge in [0.05, 0.1) is 6.61 Å². The van der Waals surface area contributed by atoms with Crippen LogP contribution in [-0.4, -0.2) is 21.2 Å². The Kier molecular flexibility index (Phi) is 3.40. The summed E-state index contributed by atoms with van der Waals surface area (Å²) in [5.41, 5.74) is 1.55. The summed E-state index contributed by atoms with van der Waals surface area (Å²) in [6.45, 7) is -0.0616. The number of carboxylic acids is 1. The van der Waals surface area contributed by atoms with Crippen molar-refractivity contribution in [3.63, 3.8) is 0 Å². The van der Waals surface area contributed by atoms with Gasteiger partial charge in [0.2, 0.25) is 0 Å². The number of aliphatic hydroxyl groups is 1. The first-order valence-electron chi connectivity index (χ1n) is 3.98. The molecule has 0 bridgehead atoms. The molecular formula is C9H11NO3. The zero-order valence-electron chi connectivity index (χ0n) is 7.10. The summed E-state index contributed by atoms with van der Waals surface area (Å²) in [6, 6.07) is 1.76. The molecule has 0 atom stereocenters. The van der Waals surface area contributed by atoms with Crippen LogP contribution in [0.15, 0.2) is 18.5 Å². The van der Waals surface area contributed by atoms with Gasteiger partial charge in [-0.05, 0) is 17.5 Å². The van der Waals surface area contributed by atoms with E-state index in [4.69, 9.17) is 10.2 Å². The Labute approximate surface area is 75.9 Å². The average molecular weight is 181 g/mol. The Balaban J connectivity index is 2.61. The third kappa shape index (κ3) is 3.21. The van der Waals surface area contributed by atoms with Crippen LogP contribution in [0.1, 0.15) is 17.5 Å². The minimum absolute atomic E-state index is 0.0616. The van der Waals surface area contributed by atoms with Gasteiger partial charge in [-0.1, -0.05) is 6.07 Å². The van der Waals surface area contributed by atoms with E-state index in [1.54, 1.807) is 18.5 Å². The zero-order chi connectivity index (χ0) is 9.68. The van der Waals surface area contributed by atoms with E-state index in [1.165, 1.54) is 0 Å². The van der Waals surface area contributed by atoms with Crippen molar-refractivity contribution in [1.29, 1.82) is 0 Å². The van der Waals surface area contributed by atoms with Crippen molar-refractivity contribution in [1.82, 2.24) is 4.98 Å². The maximum Gasteiger partial charge on any atom is 0.303 e. The van der Waals surface area contributed by atoms with Crippen LogP contribution < -0.4 is 0 Å². The summed E-state index contributed by atoms with van der Waals surface area (Å²) in [7, 11) is 0. The Morgan fingerprint density at radius 2 is 2.08 bits per heavy atom. The standard InChI is InChI=1S/C9H11NO3/c11-6-8-3-7(4-10-5-8)1-2-9(12)13/h3-5,11H,1-2,6H2,(H,12,13). The molecule has 0 fully saturated rings. The van der Waals surface area contributed by atoms with Crippen LogP contribution in [0.4, 0.5) is 0 Å². The molecule has 0 aliphatic carbocycles. The lowest BCUT2D eigenvalue weighted by Crippen LogP contribution is -1.98. The van der Waals surface area contributed by atoms with E-state index < -0.39 is 5.97 Å². The molecule has 0 saturated carbocycles. The van der Waals surface area contributed by atoms with E-state index in [0.29, 0.717) is 12.0 Å². The highest BCUT2D eigenvalue weighted by molar-refractivity contribution is 5.67. The van der Waals surface area contributed by atoms with Crippen molar-refractivity contribution in [2.24, 2.45) is 0 Å². The van der Waals surface area contributed by atoms with E-state index in [1.807, 2.05) is 0 Å². The maximum absolute atomic E-state index is 10.3. The summed E-state index contributed by atoms with van der Waals surface area (Å²) in [6.07, 6.45) is 3.72. The highest BCUT2D eigenvalue weighted by atomic mass is 16.4. The predicted octanol–water partition coefficient (Wildman–Crippen LogP) is 0.591. The minimum Gasteiger partial charge on any atom is -0.481 e. The van der Waals surface area contributed by atoms with Gasteiger partial charge in [0.25, 0.3) is 0 Å². The molecule has 4 nitrogen and oxygen atoms in total.